The number of hydrogen-bond acceptors (Lipinski definition) is 1. The van der Waals surface area contributed by atoms with Crippen molar-refractivity contribution >= 4 is 23.2 Å². The van der Waals surface area contributed by atoms with Gasteiger partial charge in [-0.05, 0) is 37.1 Å². The molecular formula is C12H14Cl2FN. The van der Waals surface area contributed by atoms with Crippen LogP contribution < -0.4 is 5.32 Å². The normalized spacial score (nSPS) is 22.3. The summed E-state index contributed by atoms with van der Waals surface area (Å²) >= 11 is 11.8. The Balaban J connectivity index is 2.02. The fourth-order valence-electron chi connectivity index (χ4n) is 2.06. The van der Waals surface area contributed by atoms with Crippen molar-refractivity contribution in [3.05, 3.63) is 33.8 Å². The Hall–Kier alpha value is -0.310. The summed E-state index contributed by atoms with van der Waals surface area (Å²) in [5.41, 5.74) is 0.826. The predicted molar refractivity (Wildman–Crippen MR) is 66.1 cm³/mol. The van der Waals surface area contributed by atoms with E-state index in [2.05, 4.69) is 5.32 Å². The summed E-state index contributed by atoms with van der Waals surface area (Å²) in [5.74, 6) is 0. The Morgan fingerprint density at radius 3 is 2.88 bits per heavy atom. The van der Waals surface area contributed by atoms with E-state index in [1.165, 1.54) is 0 Å². The van der Waals surface area contributed by atoms with Gasteiger partial charge in [-0.3, -0.25) is 0 Å². The lowest BCUT2D eigenvalue weighted by molar-refractivity contribution is 0.264. The van der Waals surface area contributed by atoms with Crippen LogP contribution >= 0.6 is 23.2 Å². The number of benzene rings is 1. The largest absolute Gasteiger partial charge is 0.311 e. The van der Waals surface area contributed by atoms with E-state index in [1.54, 1.807) is 18.2 Å². The van der Waals surface area contributed by atoms with Gasteiger partial charge in [0.1, 0.15) is 6.17 Å². The molecule has 1 aliphatic heterocycles. The first-order chi connectivity index (χ1) is 7.66. The van der Waals surface area contributed by atoms with Gasteiger partial charge >= 0.3 is 0 Å². The minimum Gasteiger partial charge on any atom is -0.311 e. The minimum atomic E-state index is -0.874. The van der Waals surface area contributed by atoms with Crippen LogP contribution in [-0.2, 0) is 6.42 Å². The van der Waals surface area contributed by atoms with Gasteiger partial charge in [-0.25, -0.2) is 4.39 Å². The highest BCUT2D eigenvalue weighted by Gasteiger charge is 2.24. The lowest BCUT2D eigenvalue weighted by Gasteiger charge is -2.16. The molecule has 2 atom stereocenters. The van der Waals surface area contributed by atoms with Gasteiger partial charge in [0.05, 0.1) is 0 Å². The lowest BCUT2D eigenvalue weighted by atomic mass is 10.0. The van der Waals surface area contributed by atoms with Crippen LogP contribution in [0.1, 0.15) is 18.4 Å². The molecule has 0 radical (unpaired) electrons. The molecule has 0 aromatic heterocycles. The summed E-state index contributed by atoms with van der Waals surface area (Å²) in [5, 5.41) is 4.30. The third-order valence-electron chi connectivity index (χ3n) is 2.97. The fraction of sp³-hybridized carbons (Fsp3) is 0.500. The molecule has 1 heterocycles. The zero-order chi connectivity index (χ0) is 11.5. The van der Waals surface area contributed by atoms with Crippen molar-refractivity contribution in [2.75, 3.05) is 6.54 Å². The zero-order valence-electron chi connectivity index (χ0n) is 8.85. The van der Waals surface area contributed by atoms with Gasteiger partial charge in [0, 0.05) is 22.5 Å². The third kappa shape index (κ3) is 2.88. The summed E-state index contributed by atoms with van der Waals surface area (Å²) in [7, 11) is 0. The SMILES string of the molecule is FC(Cc1ccc(Cl)cc1Cl)C1CCCN1. The molecule has 1 saturated heterocycles. The number of alkyl halides is 1. The first-order valence-corrected chi connectivity index (χ1v) is 6.24. The first-order valence-electron chi connectivity index (χ1n) is 5.48. The molecule has 88 valence electrons. The maximum atomic E-state index is 13.9. The number of hydrogen-bond donors (Lipinski definition) is 1. The Labute approximate surface area is 105 Å². The van der Waals surface area contributed by atoms with Crippen molar-refractivity contribution < 1.29 is 4.39 Å². The molecule has 1 aliphatic rings. The summed E-state index contributed by atoms with van der Waals surface area (Å²) < 4.78 is 13.9. The third-order valence-corrected chi connectivity index (χ3v) is 3.55. The quantitative estimate of drug-likeness (QED) is 0.877. The smallest absolute Gasteiger partial charge is 0.119 e. The van der Waals surface area contributed by atoms with Crippen LogP contribution in [0.5, 0.6) is 0 Å². The van der Waals surface area contributed by atoms with Crippen molar-refractivity contribution in [2.45, 2.75) is 31.5 Å². The Bertz CT molecular complexity index is 364. The van der Waals surface area contributed by atoms with E-state index in [0.29, 0.717) is 16.5 Å². The van der Waals surface area contributed by atoms with E-state index >= 15 is 0 Å². The molecule has 1 fully saturated rings. The summed E-state index contributed by atoms with van der Waals surface area (Å²) in [6.45, 7) is 0.916. The molecule has 0 spiro atoms. The molecule has 1 aromatic rings. The van der Waals surface area contributed by atoms with Crippen molar-refractivity contribution in [2.24, 2.45) is 0 Å². The molecule has 0 saturated carbocycles. The standard InChI is InChI=1S/C12H14Cl2FN/c13-9-4-3-8(10(14)7-9)6-11(15)12-2-1-5-16-12/h3-4,7,11-12,16H,1-2,5-6H2. The van der Waals surface area contributed by atoms with Gasteiger partial charge in [0.2, 0.25) is 0 Å². The average Bonchev–Trinajstić information content (AvgIpc) is 2.75. The molecule has 1 N–H and O–H groups in total. The molecule has 0 bridgehead atoms. The van der Waals surface area contributed by atoms with Gasteiger partial charge in [0.15, 0.2) is 0 Å². The Morgan fingerprint density at radius 1 is 1.44 bits per heavy atom. The van der Waals surface area contributed by atoms with Gasteiger partial charge in [-0.15, -0.1) is 0 Å². The van der Waals surface area contributed by atoms with Crippen LogP contribution in [0.25, 0.3) is 0 Å². The topological polar surface area (TPSA) is 12.0 Å². The van der Waals surface area contributed by atoms with E-state index in [4.69, 9.17) is 23.2 Å². The molecule has 1 nitrogen and oxygen atoms in total. The van der Waals surface area contributed by atoms with E-state index in [0.717, 1.165) is 24.9 Å². The Morgan fingerprint density at radius 2 is 2.25 bits per heavy atom. The maximum Gasteiger partial charge on any atom is 0.119 e. The highest BCUT2D eigenvalue weighted by molar-refractivity contribution is 6.35. The number of halogens is 3. The average molecular weight is 262 g/mol. The highest BCUT2D eigenvalue weighted by Crippen LogP contribution is 2.24. The molecule has 1 aromatic carbocycles. The van der Waals surface area contributed by atoms with Crippen molar-refractivity contribution in [1.82, 2.24) is 5.32 Å². The second-order valence-corrected chi connectivity index (χ2v) is 5.00. The second-order valence-electron chi connectivity index (χ2n) is 4.16. The summed E-state index contributed by atoms with van der Waals surface area (Å²) in [6, 6.07) is 5.18. The monoisotopic (exact) mass is 261 g/mol. The van der Waals surface area contributed by atoms with Gasteiger partial charge in [-0.1, -0.05) is 29.3 Å². The summed E-state index contributed by atoms with van der Waals surface area (Å²) in [4.78, 5) is 0. The highest BCUT2D eigenvalue weighted by atomic mass is 35.5. The van der Waals surface area contributed by atoms with Crippen LogP contribution in [0.4, 0.5) is 4.39 Å². The van der Waals surface area contributed by atoms with E-state index in [1.807, 2.05) is 0 Å². The van der Waals surface area contributed by atoms with Crippen molar-refractivity contribution in [3.8, 4) is 0 Å². The lowest BCUT2D eigenvalue weighted by Crippen LogP contribution is -2.33. The number of rotatable bonds is 3. The second kappa shape index (κ2) is 5.35. The zero-order valence-corrected chi connectivity index (χ0v) is 10.4. The van der Waals surface area contributed by atoms with Crippen LogP contribution in [0.15, 0.2) is 18.2 Å². The predicted octanol–water partition coefficient (Wildman–Crippen LogP) is 3.63. The van der Waals surface area contributed by atoms with Crippen molar-refractivity contribution in [3.63, 3.8) is 0 Å². The number of nitrogens with one attached hydrogen (secondary N) is 1. The van der Waals surface area contributed by atoms with E-state index in [-0.39, 0.29) is 6.04 Å². The van der Waals surface area contributed by atoms with E-state index < -0.39 is 6.17 Å². The van der Waals surface area contributed by atoms with Gasteiger partial charge in [0.25, 0.3) is 0 Å². The van der Waals surface area contributed by atoms with Crippen LogP contribution in [-0.4, -0.2) is 18.8 Å². The molecule has 2 unspecified atom stereocenters. The van der Waals surface area contributed by atoms with Crippen LogP contribution in [0, 0.1) is 0 Å². The van der Waals surface area contributed by atoms with Crippen molar-refractivity contribution in [1.29, 1.82) is 0 Å². The molecule has 0 amide bonds. The molecule has 0 aliphatic carbocycles. The van der Waals surface area contributed by atoms with Gasteiger partial charge in [-0.2, -0.15) is 0 Å². The van der Waals surface area contributed by atoms with Crippen LogP contribution in [0.2, 0.25) is 10.0 Å². The maximum absolute atomic E-state index is 13.9. The molecule has 2 rings (SSSR count). The van der Waals surface area contributed by atoms with Gasteiger partial charge < -0.3 is 5.32 Å². The molecular weight excluding hydrogens is 248 g/mol. The minimum absolute atomic E-state index is 0.0215. The van der Waals surface area contributed by atoms with Crippen LogP contribution in [0.3, 0.4) is 0 Å². The van der Waals surface area contributed by atoms with E-state index in [9.17, 15) is 4.39 Å². The first kappa shape index (κ1) is 12.2. The Kier molecular flexibility index (Phi) is 4.06. The molecule has 4 heteroatoms. The fourth-order valence-corrected chi connectivity index (χ4v) is 2.55. The summed E-state index contributed by atoms with van der Waals surface area (Å²) in [6.07, 6.45) is 1.45. The molecule has 16 heavy (non-hydrogen) atoms.